The third-order valence-electron chi connectivity index (χ3n) is 2.92. The van der Waals surface area contributed by atoms with Crippen molar-refractivity contribution in [3.8, 4) is 6.07 Å². The van der Waals surface area contributed by atoms with Gasteiger partial charge in [-0.05, 0) is 25.5 Å². The first kappa shape index (κ1) is 15.0. The van der Waals surface area contributed by atoms with Gasteiger partial charge in [-0.1, -0.05) is 19.4 Å². The normalized spacial score (nSPS) is 13.2. The zero-order valence-corrected chi connectivity index (χ0v) is 11.3. The van der Waals surface area contributed by atoms with E-state index in [-0.39, 0.29) is 5.56 Å². The number of anilines is 1. The zero-order chi connectivity index (χ0) is 14.5. The van der Waals surface area contributed by atoms with Crippen LogP contribution >= 0.6 is 0 Å². The summed E-state index contributed by atoms with van der Waals surface area (Å²) in [5.41, 5.74) is -0.791. The predicted octanol–water partition coefficient (Wildman–Crippen LogP) is 2.84. The van der Waals surface area contributed by atoms with E-state index in [0.29, 0.717) is 12.1 Å². The summed E-state index contributed by atoms with van der Waals surface area (Å²) in [5.74, 6) is -1.06. The Hall–Kier alpha value is -2.09. The van der Waals surface area contributed by atoms with Gasteiger partial charge in [0.1, 0.15) is 23.0 Å². The molecule has 1 atom stereocenters. The average molecular weight is 264 g/mol. The predicted molar refractivity (Wildman–Crippen MR) is 70.1 cm³/mol. The molecule has 0 radical (unpaired) electrons. The molecule has 1 N–H and O–H groups in total. The number of halogens is 1. The fourth-order valence-electron chi connectivity index (χ4n) is 1.98. The van der Waals surface area contributed by atoms with E-state index in [0.717, 1.165) is 6.42 Å². The average Bonchev–Trinajstić information content (AvgIpc) is 2.38. The van der Waals surface area contributed by atoms with Crippen molar-refractivity contribution < 1.29 is 13.9 Å². The highest BCUT2D eigenvalue weighted by atomic mass is 19.1. The topological polar surface area (TPSA) is 62.1 Å². The number of ether oxygens (including phenoxy) is 1. The second kappa shape index (κ2) is 6.19. The lowest BCUT2D eigenvalue weighted by Crippen LogP contribution is -2.44. The Bertz CT molecular complexity index is 511. The molecule has 5 heteroatoms. The molecule has 1 aromatic carbocycles. The molecule has 0 spiro atoms. The molecule has 0 amide bonds. The van der Waals surface area contributed by atoms with Gasteiger partial charge < -0.3 is 10.1 Å². The van der Waals surface area contributed by atoms with Crippen molar-refractivity contribution in [3.63, 3.8) is 0 Å². The second-order valence-corrected chi connectivity index (χ2v) is 4.47. The zero-order valence-electron chi connectivity index (χ0n) is 11.3. The number of nitrogens with one attached hydrogen (secondary N) is 1. The van der Waals surface area contributed by atoms with Crippen LogP contribution in [0, 0.1) is 17.1 Å². The Balaban J connectivity index is 3.14. The van der Waals surface area contributed by atoms with Gasteiger partial charge in [-0.3, -0.25) is 0 Å². The van der Waals surface area contributed by atoms with Gasteiger partial charge in [0.05, 0.1) is 12.8 Å². The molecule has 0 fully saturated rings. The number of benzene rings is 1. The Morgan fingerprint density at radius 1 is 1.58 bits per heavy atom. The molecule has 0 aliphatic carbocycles. The molecule has 102 valence electrons. The number of carbonyl (C=O) groups is 1. The molecular weight excluding hydrogens is 247 g/mol. The van der Waals surface area contributed by atoms with Crippen LogP contribution in [-0.2, 0) is 9.53 Å². The maximum absolute atomic E-state index is 13.5. The SMILES string of the molecule is CCCC(C)(Nc1cccc(F)c1C#N)C(=O)OC. The third-order valence-corrected chi connectivity index (χ3v) is 2.92. The van der Waals surface area contributed by atoms with Crippen LogP contribution in [0.2, 0.25) is 0 Å². The molecule has 0 aliphatic rings. The van der Waals surface area contributed by atoms with Crippen molar-refractivity contribution in [2.45, 2.75) is 32.2 Å². The van der Waals surface area contributed by atoms with Crippen molar-refractivity contribution in [1.82, 2.24) is 0 Å². The maximum Gasteiger partial charge on any atom is 0.331 e. The summed E-state index contributed by atoms with van der Waals surface area (Å²) in [6, 6.07) is 6.06. The van der Waals surface area contributed by atoms with Crippen LogP contribution in [0.25, 0.3) is 0 Å². The summed E-state index contributed by atoms with van der Waals surface area (Å²) in [4.78, 5) is 11.9. The van der Waals surface area contributed by atoms with Crippen molar-refractivity contribution in [3.05, 3.63) is 29.6 Å². The number of hydrogen-bond donors (Lipinski definition) is 1. The van der Waals surface area contributed by atoms with Crippen molar-refractivity contribution in [1.29, 1.82) is 5.26 Å². The number of methoxy groups -OCH3 is 1. The van der Waals surface area contributed by atoms with Crippen LogP contribution in [0.3, 0.4) is 0 Å². The fraction of sp³-hybridized carbons (Fsp3) is 0.429. The minimum atomic E-state index is -0.983. The first-order chi connectivity index (χ1) is 8.98. The molecule has 0 heterocycles. The minimum Gasteiger partial charge on any atom is -0.467 e. The standard InChI is InChI=1S/C14H17FN2O2/c1-4-8-14(2,13(18)19-3)17-12-7-5-6-11(15)10(12)9-16/h5-7,17H,4,8H2,1-3H3. The van der Waals surface area contributed by atoms with E-state index in [1.807, 2.05) is 6.92 Å². The molecule has 0 aliphatic heterocycles. The number of nitriles is 1. The van der Waals surface area contributed by atoms with Crippen LogP contribution in [0.1, 0.15) is 32.3 Å². The summed E-state index contributed by atoms with van der Waals surface area (Å²) < 4.78 is 18.3. The van der Waals surface area contributed by atoms with E-state index in [1.165, 1.54) is 19.2 Å². The van der Waals surface area contributed by atoms with E-state index >= 15 is 0 Å². The second-order valence-electron chi connectivity index (χ2n) is 4.47. The van der Waals surface area contributed by atoms with Crippen LogP contribution in [0.4, 0.5) is 10.1 Å². The molecule has 0 bridgehead atoms. The summed E-state index contributed by atoms with van der Waals surface area (Å²) in [6.45, 7) is 3.61. The first-order valence-electron chi connectivity index (χ1n) is 6.03. The minimum absolute atomic E-state index is 0.103. The number of esters is 1. The van der Waals surface area contributed by atoms with Gasteiger partial charge in [-0.15, -0.1) is 0 Å². The van der Waals surface area contributed by atoms with Crippen LogP contribution < -0.4 is 5.32 Å². The van der Waals surface area contributed by atoms with E-state index in [4.69, 9.17) is 10.00 Å². The monoisotopic (exact) mass is 264 g/mol. The molecule has 0 saturated carbocycles. The van der Waals surface area contributed by atoms with Gasteiger partial charge >= 0.3 is 5.97 Å². The lowest BCUT2D eigenvalue weighted by Gasteiger charge is -2.29. The molecule has 0 saturated heterocycles. The van der Waals surface area contributed by atoms with Gasteiger partial charge in [0.25, 0.3) is 0 Å². The quantitative estimate of drug-likeness (QED) is 0.831. The van der Waals surface area contributed by atoms with Crippen LogP contribution in [0.15, 0.2) is 18.2 Å². The Morgan fingerprint density at radius 3 is 2.79 bits per heavy atom. The number of carbonyl (C=O) groups excluding carboxylic acids is 1. The number of rotatable bonds is 5. The molecule has 19 heavy (non-hydrogen) atoms. The van der Waals surface area contributed by atoms with Crippen molar-refractivity contribution in [2.24, 2.45) is 0 Å². The molecule has 4 nitrogen and oxygen atoms in total. The smallest absolute Gasteiger partial charge is 0.331 e. The molecule has 1 aromatic rings. The van der Waals surface area contributed by atoms with Gasteiger partial charge in [0.15, 0.2) is 0 Å². The molecule has 1 unspecified atom stereocenters. The fourth-order valence-corrected chi connectivity index (χ4v) is 1.98. The highest BCUT2D eigenvalue weighted by Crippen LogP contribution is 2.25. The van der Waals surface area contributed by atoms with Gasteiger partial charge in [-0.25, -0.2) is 9.18 Å². The first-order valence-corrected chi connectivity index (χ1v) is 6.03. The van der Waals surface area contributed by atoms with E-state index in [2.05, 4.69) is 5.32 Å². The van der Waals surface area contributed by atoms with E-state index in [9.17, 15) is 9.18 Å². The Morgan fingerprint density at radius 2 is 2.26 bits per heavy atom. The maximum atomic E-state index is 13.5. The van der Waals surface area contributed by atoms with Gasteiger partial charge in [0.2, 0.25) is 0 Å². The third kappa shape index (κ3) is 3.22. The summed E-state index contributed by atoms with van der Waals surface area (Å²) in [5, 5.41) is 11.9. The highest BCUT2D eigenvalue weighted by Gasteiger charge is 2.34. The van der Waals surface area contributed by atoms with E-state index < -0.39 is 17.3 Å². The summed E-state index contributed by atoms with van der Waals surface area (Å²) in [7, 11) is 1.30. The molecule has 1 rings (SSSR count). The van der Waals surface area contributed by atoms with Gasteiger partial charge in [0, 0.05) is 0 Å². The van der Waals surface area contributed by atoms with Crippen LogP contribution in [0.5, 0.6) is 0 Å². The lowest BCUT2D eigenvalue weighted by molar-refractivity contribution is -0.145. The number of nitrogens with zero attached hydrogens (tertiary/aromatic N) is 1. The lowest BCUT2D eigenvalue weighted by atomic mass is 9.95. The molecular formula is C14H17FN2O2. The van der Waals surface area contributed by atoms with Gasteiger partial charge in [-0.2, -0.15) is 5.26 Å². The van der Waals surface area contributed by atoms with Crippen LogP contribution in [-0.4, -0.2) is 18.6 Å². The Kier molecular flexibility index (Phi) is 4.87. The summed E-state index contributed by atoms with van der Waals surface area (Å²) >= 11 is 0. The Labute approximate surface area is 112 Å². The number of hydrogen-bond acceptors (Lipinski definition) is 4. The highest BCUT2D eigenvalue weighted by molar-refractivity contribution is 5.84. The van der Waals surface area contributed by atoms with E-state index in [1.54, 1.807) is 19.1 Å². The largest absolute Gasteiger partial charge is 0.467 e. The van der Waals surface area contributed by atoms with Crippen molar-refractivity contribution >= 4 is 11.7 Å². The summed E-state index contributed by atoms with van der Waals surface area (Å²) in [6.07, 6.45) is 1.26. The van der Waals surface area contributed by atoms with Crippen molar-refractivity contribution in [2.75, 3.05) is 12.4 Å². The molecule has 0 aromatic heterocycles.